The lowest BCUT2D eigenvalue weighted by Crippen LogP contribution is -2.37. The van der Waals surface area contributed by atoms with Gasteiger partial charge in [-0.25, -0.2) is 13.1 Å². The van der Waals surface area contributed by atoms with Gasteiger partial charge in [-0.1, -0.05) is 27.7 Å². The molecular formula is C13H23NO4S. The van der Waals surface area contributed by atoms with Gasteiger partial charge < -0.3 is 9.52 Å². The van der Waals surface area contributed by atoms with Gasteiger partial charge in [0.25, 0.3) is 0 Å². The van der Waals surface area contributed by atoms with Gasteiger partial charge >= 0.3 is 0 Å². The second kappa shape index (κ2) is 5.64. The van der Waals surface area contributed by atoms with E-state index in [4.69, 9.17) is 9.52 Å². The Labute approximate surface area is 115 Å². The molecule has 1 aromatic rings. The van der Waals surface area contributed by atoms with E-state index in [2.05, 4.69) is 18.6 Å². The Hall–Kier alpha value is -0.850. The van der Waals surface area contributed by atoms with Crippen molar-refractivity contribution in [3.05, 3.63) is 17.6 Å². The quantitative estimate of drug-likeness (QED) is 0.840. The first-order chi connectivity index (χ1) is 8.60. The molecule has 0 atom stereocenters. The first-order valence-electron chi connectivity index (χ1n) is 6.30. The molecule has 0 amide bonds. The number of furan rings is 1. The van der Waals surface area contributed by atoms with E-state index in [-0.39, 0.29) is 22.7 Å². The summed E-state index contributed by atoms with van der Waals surface area (Å²) in [6.45, 7) is 9.76. The van der Waals surface area contributed by atoms with Gasteiger partial charge in [-0.05, 0) is 18.3 Å². The van der Waals surface area contributed by atoms with Crippen molar-refractivity contribution in [1.29, 1.82) is 0 Å². The SMILES string of the molecule is Cc1oc(CO)cc1S(=O)(=O)NCC(C)(C)C(C)C. The molecule has 0 unspecified atom stereocenters. The molecule has 0 aliphatic heterocycles. The zero-order valence-corrected chi connectivity index (χ0v) is 13.0. The molecule has 0 saturated carbocycles. The maximum Gasteiger partial charge on any atom is 0.244 e. The van der Waals surface area contributed by atoms with Crippen molar-refractivity contribution >= 4 is 10.0 Å². The van der Waals surface area contributed by atoms with E-state index in [9.17, 15) is 8.42 Å². The van der Waals surface area contributed by atoms with E-state index in [0.29, 0.717) is 18.2 Å². The van der Waals surface area contributed by atoms with Crippen LogP contribution in [0.3, 0.4) is 0 Å². The van der Waals surface area contributed by atoms with Gasteiger partial charge in [0.05, 0.1) is 0 Å². The molecule has 0 aliphatic rings. The van der Waals surface area contributed by atoms with Crippen LogP contribution in [-0.4, -0.2) is 20.1 Å². The van der Waals surface area contributed by atoms with Crippen LogP contribution in [0.2, 0.25) is 0 Å². The standard InChI is InChI=1S/C13H23NO4S/c1-9(2)13(4,5)8-14-19(16,17)12-6-11(7-15)18-10(12)3/h6,9,14-15H,7-8H2,1-5H3. The Bertz CT molecular complexity index is 529. The minimum Gasteiger partial charge on any atom is -0.462 e. The van der Waals surface area contributed by atoms with E-state index >= 15 is 0 Å². The van der Waals surface area contributed by atoms with E-state index in [1.807, 2.05) is 13.8 Å². The molecule has 0 aliphatic carbocycles. The molecule has 1 aromatic heterocycles. The minimum atomic E-state index is -3.60. The summed E-state index contributed by atoms with van der Waals surface area (Å²) in [6.07, 6.45) is 0. The van der Waals surface area contributed by atoms with Crippen LogP contribution < -0.4 is 4.72 Å². The topological polar surface area (TPSA) is 79.5 Å². The van der Waals surface area contributed by atoms with Gasteiger partial charge in [0.2, 0.25) is 10.0 Å². The fourth-order valence-corrected chi connectivity index (χ4v) is 2.86. The van der Waals surface area contributed by atoms with Crippen LogP contribution >= 0.6 is 0 Å². The normalized spacial score (nSPS) is 13.2. The minimum absolute atomic E-state index is 0.0936. The van der Waals surface area contributed by atoms with Crippen LogP contribution in [0.1, 0.15) is 39.2 Å². The molecule has 2 N–H and O–H groups in total. The van der Waals surface area contributed by atoms with Gasteiger partial charge in [0.15, 0.2) is 0 Å². The van der Waals surface area contributed by atoms with Gasteiger partial charge in [-0.3, -0.25) is 0 Å². The average molecular weight is 289 g/mol. The summed E-state index contributed by atoms with van der Waals surface area (Å²) < 4.78 is 32.2. The molecule has 0 saturated heterocycles. The molecule has 5 nitrogen and oxygen atoms in total. The number of hydrogen-bond donors (Lipinski definition) is 2. The number of aliphatic hydroxyl groups is 1. The molecule has 19 heavy (non-hydrogen) atoms. The third kappa shape index (κ3) is 3.81. The van der Waals surface area contributed by atoms with Crippen molar-refractivity contribution in [3.8, 4) is 0 Å². The molecule has 0 radical (unpaired) electrons. The van der Waals surface area contributed by atoms with E-state index in [1.165, 1.54) is 6.07 Å². The fraction of sp³-hybridized carbons (Fsp3) is 0.692. The van der Waals surface area contributed by atoms with Gasteiger partial charge in [-0.15, -0.1) is 0 Å². The average Bonchev–Trinajstić information content (AvgIpc) is 2.69. The lowest BCUT2D eigenvalue weighted by atomic mass is 9.81. The molecule has 110 valence electrons. The summed E-state index contributed by atoms with van der Waals surface area (Å²) in [4.78, 5) is 0.0936. The first-order valence-corrected chi connectivity index (χ1v) is 7.78. The predicted molar refractivity (Wildman–Crippen MR) is 73.2 cm³/mol. The van der Waals surface area contributed by atoms with Crippen LogP contribution in [0.25, 0.3) is 0 Å². The van der Waals surface area contributed by atoms with E-state index in [1.54, 1.807) is 6.92 Å². The van der Waals surface area contributed by atoms with E-state index in [0.717, 1.165) is 0 Å². The Morgan fingerprint density at radius 1 is 1.42 bits per heavy atom. The second-order valence-corrected chi connectivity index (χ2v) is 7.49. The maximum atomic E-state index is 12.2. The molecular weight excluding hydrogens is 266 g/mol. The highest BCUT2D eigenvalue weighted by molar-refractivity contribution is 7.89. The van der Waals surface area contributed by atoms with Crippen LogP contribution in [0.15, 0.2) is 15.4 Å². The van der Waals surface area contributed by atoms with Crippen LogP contribution in [0.4, 0.5) is 0 Å². The third-order valence-corrected chi connectivity index (χ3v) is 5.16. The number of sulfonamides is 1. The van der Waals surface area contributed by atoms with Crippen molar-refractivity contribution in [2.24, 2.45) is 11.3 Å². The number of aliphatic hydroxyl groups excluding tert-OH is 1. The summed E-state index contributed by atoms with van der Waals surface area (Å²) in [5, 5.41) is 8.96. The number of rotatable bonds is 6. The van der Waals surface area contributed by atoms with Crippen LogP contribution in [0.5, 0.6) is 0 Å². The number of nitrogens with one attached hydrogen (secondary N) is 1. The van der Waals surface area contributed by atoms with Crippen molar-refractivity contribution < 1.29 is 17.9 Å². The predicted octanol–water partition coefficient (Wildman–Crippen LogP) is 2.04. The second-order valence-electron chi connectivity index (χ2n) is 5.76. The summed E-state index contributed by atoms with van der Waals surface area (Å²) in [6, 6.07) is 1.36. The van der Waals surface area contributed by atoms with Gasteiger partial charge in [0.1, 0.15) is 23.0 Å². The fourth-order valence-electron chi connectivity index (χ4n) is 1.43. The van der Waals surface area contributed by atoms with Crippen LogP contribution in [-0.2, 0) is 16.6 Å². The molecule has 0 spiro atoms. The summed E-state index contributed by atoms with van der Waals surface area (Å²) in [5.74, 6) is 0.897. The molecule has 0 fully saturated rings. The van der Waals surface area contributed by atoms with Crippen molar-refractivity contribution in [2.75, 3.05) is 6.54 Å². The third-order valence-electron chi connectivity index (χ3n) is 3.65. The Kier molecular flexibility index (Phi) is 4.81. The van der Waals surface area contributed by atoms with Crippen LogP contribution in [0, 0.1) is 18.3 Å². The monoisotopic (exact) mass is 289 g/mol. The Balaban J connectivity index is 2.90. The van der Waals surface area contributed by atoms with Gasteiger partial charge in [0, 0.05) is 12.6 Å². The largest absolute Gasteiger partial charge is 0.462 e. The molecule has 1 rings (SSSR count). The van der Waals surface area contributed by atoms with Crippen molar-refractivity contribution in [3.63, 3.8) is 0 Å². The number of aryl methyl sites for hydroxylation is 1. The van der Waals surface area contributed by atoms with Crippen molar-refractivity contribution in [1.82, 2.24) is 4.72 Å². The molecule has 0 aromatic carbocycles. The molecule has 1 heterocycles. The summed E-state index contributed by atoms with van der Waals surface area (Å²) in [7, 11) is -3.60. The molecule has 0 bridgehead atoms. The highest BCUT2D eigenvalue weighted by atomic mass is 32.2. The summed E-state index contributed by atoms with van der Waals surface area (Å²) >= 11 is 0. The highest BCUT2D eigenvalue weighted by Gasteiger charge is 2.27. The highest BCUT2D eigenvalue weighted by Crippen LogP contribution is 2.26. The smallest absolute Gasteiger partial charge is 0.244 e. The van der Waals surface area contributed by atoms with Crippen molar-refractivity contribution in [2.45, 2.75) is 46.1 Å². The zero-order chi connectivity index (χ0) is 14.8. The Morgan fingerprint density at radius 2 is 2.00 bits per heavy atom. The van der Waals surface area contributed by atoms with Gasteiger partial charge in [-0.2, -0.15) is 0 Å². The lowest BCUT2D eigenvalue weighted by molar-refractivity contribution is 0.244. The zero-order valence-electron chi connectivity index (χ0n) is 12.1. The van der Waals surface area contributed by atoms with E-state index < -0.39 is 10.0 Å². The number of hydrogen-bond acceptors (Lipinski definition) is 4. The first kappa shape index (κ1) is 16.2. The Morgan fingerprint density at radius 3 is 2.42 bits per heavy atom. The lowest BCUT2D eigenvalue weighted by Gasteiger charge is -2.29. The molecule has 6 heteroatoms. The maximum absolute atomic E-state index is 12.2. The summed E-state index contributed by atoms with van der Waals surface area (Å²) in [5.41, 5.74) is -0.134.